The van der Waals surface area contributed by atoms with E-state index < -0.39 is 0 Å². The molecule has 3 heterocycles. The minimum atomic E-state index is 0.509. The average molecular weight is 385 g/mol. The largest absolute Gasteiger partial charge is 0.461 e. The SMILES string of the molecule is CN=C(NCCc1nc(-c2ccco2)n[nH]1)N1CCCC2(CCCCCC2)C1. The van der Waals surface area contributed by atoms with Crippen molar-refractivity contribution in [3.05, 3.63) is 24.2 Å². The van der Waals surface area contributed by atoms with Crippen molar-refractivity contribution < 1.29 is 4.42 Å². The number of guanidine groups is 1. The topological polar surface area (TPSA) is 82.3 Å². The zero-order valence-corrected chi connectivity index (χ0v) is 16.9. The standard InChI is InChI=1S/C21H32N6O/c1-22-20(27-14-7-12-21(16-27)10-4-2-3-5-11-21)23-13-9-18-24-19(26-25-18)17-8-6-15-28-17/h6,8,15H,2-5,7,9-14,16H2,1H3,(H,22,23)(H,24,25,26). The molecule has 2 aliphatic rings. The van der Waals surface area contributed by atoms with E-state index in [9.17, 15) is 0 Å². The third kappa shape index (κ3) is 4.39. The van der Waals surface area contributed by atoms with Gasteiger partial charge in [-0.05, 0) is 43.2 Å². The predicted molar refractivity (Wildman–Crippen MR) is 110 cm³/mol. The van der Waals surface area contributed by atoms with Crippen LogP contribution in [0.3, 0.4) is 0 Å². The fraction of sp³-hybridized carbons (Fsp3) is 0.667. The average Bonchev–Trinajstić information content (AvgIpc) is 3.36. The first-order valence-electron chi connectivity index (χ1n) is 10.7. The number of rotatable bonds is 4. The van der Waals surface area contributed by atoms with E-state index in [1.807, 2.05) is 19.2 Å². The van der Waals surface area contributed by atoms with Crippen LogP contribution in [0.4, 0.5) is 0 Å². The zero-order valence-electron chi connectivity index (χ0n) is 16.9. The highest BCUT2D eigenvalue weighted by molar-refractivity contribution is 5.80. The van der Waals surface area contributed by atoms with Gasteiger partial charge >= 0.3 is 0 Å². The number of hydrogen-bond acceptors (Lipinski definition) is 4. The summed E-state index contributed by atoms with van der Waals surface area (Å²) in [6.07, 6.45) is 13.4. The minimum Gasteiger partial charge on any atom is -0.461 e. The van der Waals surface area contributed by atoms with Gasteiger partial charge < -0.3 is 14.6 Å². The van der Waals surface area contributed by atoms with Crippen LogP contribution >= 0.6 is 0 Å². The first-order valence-corrected chi connectivity index (χ1v) is 10.7. The summed E-state index contributed by atoms with van der Waals surface area (Å²) >= 11 is 0. The zero-order chi connectivity index (χ0) is 19.2. The highest BCUT2D eigenvalue weighted by Gasteiger charge is 2.36. The number of nitrogens with zero attached hydrogens (tertiary/aromatic N) is 4. The van der Waals surface area contributed by atoms with Crippen LogP contribution in [-0.4, -0.2) is 52.7 Å². The number of furan rings is 1. The van der Waals surface area contributed by atoms with Gasteiger partial charge in [0.2, 0.25) is 5.82 Å². The Hall–Kier alpha value is -2.31. The number of hydrogen-bond donors (Lipinski definition) is 2. The fourth-order valence-electron chi connectivity index (χ4n) is 4.82. The van der Waals surface area contributed by atoms with E-state index in [1.54, 1.807) is 6.26 Å². The number of piperidine rings is 1. The molecule has 28 heavy (non-hydrogen) atoms. The lowest BCUT2D eigenvalue weighted by molar-refractivity contribution is 0.115. The molecule has 1 aliphatic carbocycles. The van der Waals surface area contributed by atoms with E-state index >= 15 is 0 Å². The molecule has 0 atom stereocenters. The summed E-state index contributed by atoms with van der Waals surface area (Å²) in [6.45, 7) is 3.03. The van der Waals surface area contributed by atoms with Crippen LogP contribution in [-0.2, 0) is 6.42 Å². The van der Waals surface area contributed by atoms with Crippen LogP contribution in [0.15, 0.2) is 27.8 Å². The van der Waals surface area contributed by atoms with Crippen molar-refractivity contribution in [2.24, 2.45) is 10.4 Å². The normalized spacial score (nSPS) is 20.3. The van der Waals surface area contributed by atoms with Gasteiger partial charge in [0.15, 0.2) is 11.7 Å². The van der Waals surface area contributed by atoms with Gasteiger partial charge in [-0.1, -0.05) is 25.7 Å². The van der Waals surface area contributed by atoms with Gasteiger partial charge in [-0.2, -0.15) is 5.10 Å². The van der Waals surface area contributed by atoms with Gasteiger partial charge in [-0.25, -0.2) is 4.98 Å². The van der Waals surface area contributed by atoms with Gasteiger partial charge in [-0.15, -0.1) is 0 Å². The minimum absolute atomic E-state index is 0.509. The van der Waals surface area contributed by atoms with Crippen LogP contribution < -0.4 is 5.32 Å². The van der Waals surface area contributed by atoms with Gasteiger partial charge in [-0.3, -0.25) is 10.1 Å². The molecule has 2 N–H and O–H groups in total. The van der Waals surface area contributed by atoms with Crippen molar-refractivity contribution in [1.29, 1.82) is 0 Å². The van der Waals surface area contributed by atoms with E-state index in [-0.39, 0.29) is 0 Å². The monoisotopic (exact) mass is 384 g/mol. The van der Waals surface area contributed by atoms with Gasteiger partial charge in [0.1, 0.15) is 5.82 Å². The second-order valence-electron chi connectivity index (χ2n) is 8.25. The van der Waals surface area contributed by atoms with Crippen molar-refractivity contribution in [3.8, 4) is 11.6 Å². The first-order chi connectivity index (χ1) is 13.8. The molecule has 2 aromatic rings. The van der Waals surface area contributed by atoms with Gasteiger partial charge in [0, 0.05) is 33.1 Å². The lowest BCUT2D eigenvalue weighted by Crippen LogP contribution is -2.50. The number of nitrogens with one attached hydrogen (secondary N) is 2. The molecule has 0 amide bonds. The van der Waals surface area contributed by atoms with Crippen LogP contribution in [0, 0.1) is 5.41 Å². The summed E-state index contributed by atoms with van der Waals surface area (Å²) in [5.74, 6) is 3.17. The maximum absolute atomic E-state index is 5.35. The Morgan fingerprint density at radius 1 is 1.25 bits per heavy atom. The summed E-state index contributed by atoms with van der Waals surface area (Å²) < 4.78 is 5.35. The summed E-state index contributed by atoms with van der Waals surface area (Å²) in [5.41, 5.74) is 0.509. The van der Waals surface area contributed by atoms with E-state index in [0.717, 1.165) is 37.8 Å². The lowest BCUT2D eigenvalue weighted by atomic mass is 9.74. The molecule has 1 aliphatic heterocycles. The highest BCUT2D eigenvalue weighted by Crippen LogP contribution is 2.42. The van der Waals surface area contributed by atoms with Crippen LogP contribution in [0.5, 0.6) is 0 Å². The van der Waals surface area contributed by atoms with Crippen molar-refractivity contribution in [1.82, 2.24) is 25.4 Å². The first kappa shape index (κ1) is 19.0. The molecule has 1 spiro atoms. The summed E-state index contributed by atoms with van der Waals surface area (Å²) in [7, 11) is 1.89. The van der Waals surface area contributed by atoms with Gasteiger partial charge in [0.25, 0.3) is 0 Å². The molecular formula is C21H32N6O. The maximum Gasteiger partial charge on any atom is 0.216 e. The van der Waals surface area contributed by atoms with E-state index in [0.29, 0.717) is 17.0 Å². The number of likely N-dealkylation sites (tertiary alicyclic amines) is 1. The van der Waals surface area contributed by atoms with Crippen molar-refractivity contribution >= 4 is 5.96 Å². The Bertz CT molecular complexity index is 758. The van der Waals surface area contributed by atoms with E-state index in [1.165, 1.54) is 51.4 Å². The van der Waals surface area contributed by atoms with E-state index in [2.05, 4.69) is 30.4 Å². The molecule has 4 rings (SSSR count). The van der Waals surface area contributed by atoms with Crippen molar-refractivity contribution in [2.45, 2.75) is 57.8 Å². The number of aliphatic imine (C=N–C) groups is 1. The van der Waals surface area contributed by atoms with Crippen molar-refractivity contribution in [2.75, 3.05) is 26.7 Å². The van der Waals surface area contributed by atoms with Crippen LogP contribution in [0.1, 0.15) is 57.2 Å². The molecule has 1 saturated carbocycles. The Labute approximate surface area is 167 Å². The Balaban J connectivity index is 1.31. The Morgan fingerprint density at radius 3 is 2.82 bits per heavy atom. The maximum atomic E-state index is 5.35. The highest BCUT2D eigenvalue weighted by atomic mass is 16.3. The Kier molecular flexibility index (Phi) is 5.98. The van der Waals surface area contributed by atoms with Crippen molar-refractivity contribution in [3.63, 3.8) is 0 Å². The summed E-state index contributed by atoms with van der Waals surface area (Å²) in [4.78, 5) is 11.5. The number of aromatic nitrogens is 3. The smallest absolute Gasteiger partial charge is 0.216 e. The molecule has 0 aromatic carbocycles. The molecule has 0 unspecified atom stereocenters. The molecule has 7 nitrogen and oxygen atoms in total. The van der Waals surface area contributed by atoms with Crippen LogP contribution in [0.2, 0.25) is 0 Å². The third-order valence-corrected chi connectivity index (χ3v) is 6.26. The lowest BCUT2D eigenvalue weighted by Gasteiger charge is -2.44. The molecule has 0 bridgehead atoms. The predicted octanol–water partition coefficient (Wildman–Crippen LogP) is 3.62. The number of aromatic amines is 1. The molecule has 2 fully saturated rings. The van der Waals surface area contributed by atoms with Gasteiger partial charge in [0.05, 0.1) is 6.26 Å². The molecule has 1 saturated heterocycles. The number of H-pyrrole nitrogens is 1. The Morgan fingerprint density at radius 2 is 2.07 bits per heavy atom. The second-order valence-corrected chi connectivity index (χ2v) is 8.25. The summed E-state index contributed by atoms with van der Waals surface area (Å²) in [5, 5.41) is 10.8. The summed E-state index contributed by atoms with van der Waals surface area (Å²) in [6, 6.07) is 3.71. The fourth-order valence-corrected chi connectivity index (χ4v) is 4.82. The van der Waals surface area contributed by atoms with E-state index in [4.69, 9.17) is 4.42 Å². The molecule has 152 valence electrons. The molecular weight excluding hydrogens is 352 g/mol. The molecule has 2 aromatic heterocycles. The quantitative estimate of drug-likeness (QED) is 0.621. The second kappa shape index (κ2) is 8.80. The third-order valence-electron chi connectivity index (χ3n) is 6.26. The molecule has 7 heteroatoms. The van der Waals surface area contributed by atoms with Crippen LogP contribution in [0.25, 0.3) is 11.6 Å². The molecule has 0 radical (unpaired) electrons.